The van der Waals surface area contributed by atoms with Gasteiger partial charge in [-0.3, -0.25) is 0 Å². The van der Waals surface area contributed by atoms with E-state index >= 15 is 0 Å². The summed E-state index contributed by atoms with van der Waals surface area (Å²) in [7, 11) is 3.61. The molecule has 0 amide bonds. The molecule has 0 aliphatic rings. The van der Waals surface area contributed by atoms with Crippen LogP contribution < -0.4 is 10.6 Å². The van der Waals surface area contributed by atoms with Crippen LogP contribution in [0.3, 0.4) is 0 Å². The molecule has 0 fully saturated rings. The molecule has 0 aliphatic carbocycles. The summed E-state index contributed by atoms with van der Waals surface area (Å²) >= 11 is 0. The van der Waals surface area contributed by atoms with Crippen LogP contribution in [0.5, 0.6) is 0 Å². The molecule has 0 aliphatic heterocycles. The maximum absolute atomic E-state index is 11.6. The lowest BCUT2D eigenvalue weighted by Gasteiger charge is -2.24. The van der Waals surface area contributed by atoms with Gasteiger partial charge in [0.25, 0.3) is 0 Å². The van der Waals surface area contributed by atoms with Gasteiger partial charge < -0.3 is 20.1 Å². The predicted molar refractivity (Wildman–Crippen MR) is 76.6 cm³/mol. The third-order valence-electron chi connectivity index (χ3n) is 2.88. The van der Waals surface area contributed by atoms with E-state index in [1.165, 1.54) is 0 Å². The molecule has 0 saturated carbocycles. The van der Waals surface area contributed by atoms with Gasteiger partial charge in [-0.2, -0.15) is 0 Å². The molecule has 1 rings (SSSR count). The molecular formula is C14H22N2O3. The molecule has 0 aromatic heterocycles. The third kappa shape index (κ3) is 4.13. The number of carbonyl (C=O) groups is 1. The first-order valence-corrected chi connectivity index (χ1v) is 6.30. The fourth-order valence-electron chi connectivity index (χ4n) is 1.80. The fraction of sp³-hybridized carbons (Fsp3) is 0.500. The molecule has 0 spiro atoms. The monoisotopic (exact) mass is 266 g/mol. The minimum Gasteiger partial charge on any atom is -0.462 e. The maximum atomic E-state index is 11.6. The second kappa shape index (κ2) is 6.99. The maximum Gasteiger partial charge on any atom is 0.338 e. The smallest absolute Gasteiger partial charge is 0.338 e. The molecular weight excluding hydrogens is 244 g/mol. The topological polar surface area (TPSA) is 64.8 Å². The average molecular weight is 266 g/mol. The first kappa shape index (κ1) is 15.3. The Morgan fingerprint density at radius 1 is 1.47 bits per heavy atom. The summed E-state index contributed by atoms with van der Waals surface area (Å²) in [5.74, 6) is -0.353. The lowest BCUT2D eigenvalue weighted by molar-refractivity contribution is 0.0526. The molecule has 19 heavy (non-hydrogen) atoms. The number of hydrogen-bond donors (Lipinski definition) is 1. The lowest BCUT2D eigenvalue weighted by Crippen LogP contribution is -2.28. The second-order valence-electron chi connectivity index (χ2n) is 4.42. The van der Waals surface area contributed by atoms with E-state index in [1.54, 1.807) is 26.2 Å². The van der Waals surface area contributed by atoms with Crippen molar-refractivity contribution in [3.63, 3.8) is 0 Å². The zero-order chi connectivity index (χ0) is 14.4. The Balaban J connectivity index is 2.85. The van der Waals surface area contributed by atoms with Crippen molar-refractivity contribution in [3.05, 3.63) is 23.8 Å². The van der Waals surface area contributed by atoms with E-state index in [0.717, 1.165) is 12.2 Å². The van der Waals surface area contributed by atoms with Gasteiger partial charge in [0, 0.05) is 20.7 Å². The second-order valence-corrected chi connectivity index (χ2v) is 4.42. The third-order valence-corrected chi connectivity index (χ3v) is 2.88. The number of anilines is 2. The minimum absolute atomic E-state index is 0.106. The number of nitrogens with zero attached hydrogens (tertiary/aromatic N) is 1. The van der Waals surface area contributed by atoms with E-state index in [0.29, 0.717) is 17.9 Å². The van der Waals surface area contributed by atoms with Gasteiger partial charge in [-0.1, -0.05) is 0 Å². The molecule has 1 aromatic carbocycles. The predicted octanol–water partition coefficient (Wildman–Crippen LogP) is 1.92. The quantitative estimate of drug-likeness (QED) is 0.629. The molecule has 0 radical (unpaired) electrons. The van der Waals surface area contributed by atoms with E-state index in [2.05, 4.69) is 0 Å². The van der Waals surface area contributed by atoms with Crippen LogP contribution in [-0.4, -0.2) is 39.4 Å². The molecule has 5 heteroatoms. The lowest BCUT2D eigenvalue weighted by atomic mass is 10.1. The van der Waals surface area contributed by atoms with Gasteiger partial charge in [-0.25, -0.2) is 4.79 Å². The van der Waals surface area contributed by atoms with Crippen LogP contribution in [0.4, 0.5) is 11.4 Å². The summed E-state index contributed by atoms with van der Waals surface area (Å²) in [5, 5.41) is 0. The van der Waals surface area contributed by atoms with Gasteiger partial charge in [-0.15, -0.1) is 0 Å². The largest absolute Gasteiger partial charge is 0.462 e. The van der Waals surface area contributed by atoms with E-state index < -0.39 is 0 Å². The van der Waals surface area contributed by atoms with Gasteiger partial charge in [0.15, 0.2) is 0 Å². The first-order valence-electron chi connectivity index (χ1n) is 6.30. The SMILES string of the molecule is CCOC(=O)c1ccc(N(C)CC(C)OC)c(N)c1. The Bertz CT molecular complexity index is 435. The molecule has 0 saturated heterocycles. The van der Waals surface area contributed by atoms with Crippen molar-refractivity contribution in [3.8, 4) is 0 Å². The zero-order valence-electron chi connectivity index (χ0n) is 12.0. The van der Waals surface area contributed by atoms with Crippen molar-refractivity contribution >= 4 is 17.3 Å². The number of nitrogen functional groups attached to an aromatic ring is 1. The van der Waals surface area contributed by atoms with Gasteiger partial charge in [-0.05, 0) is 32.0 Å². The van der Waals surface area contributed by atoms with Crippen molar-refractivity contribution in [2.45, 2.75) is 20.0 Å². The first-order chi connectivity index (χ1) is 8.99. The number of benzene rings is 1. The number of hydrogen-bond acceptors (Lipinski definition) is 5. The normalized spacial score (nSPS) is 12.0. The van der Waals surface area contributed by atoms with E-state index in [4.69, 9.17) is 15.2 Å². The molecule has 5 nitrogen and oxygen atoms in total. The van der Waals surface area contributed by atoms with Crippen molar-refractivity contribution in [1.82, 2.24) is 0 Å². The number of carbonyl (C=O) groups excluding carboxylic acids is 1. The van der Waals surface area contributed by atoms with Crippen molar-refractivity contribution < 1.29 is 14.3 Å². The van der Waals surface area contributed by atoms with E-state index in [9.17, 15) is 4.79 Å². The molecule has 2 N–H and O–H groups in total. The van der Waals surface area contributed by atoms with Gasteiger partial charge >= 0.3 is 5.97 Å². The highest BCUT2D eigenvalue weighted by Crippen LogP contribution is 2.24. The Kier molecular flexibility index (Phi) is 5.63. The molecule has 1 atom stereocenters. The average Bonchev–Trinajstić information content (AvgIpc) is 2.38. The summed E-state index contributed by atoms with van der Waals surface area (Å²) in [6.45, 7) is 4.83. The zero-order valence-corrected chi connectivity index (χ0v) is 12.0. The van der Waals surface area contributed by atoms with Gasteiger partial charge in [0.2, 0.25) is 0 Å². The molecule has 106 valence electrons. The number of likely N-dealkylation sites (N-methyl/N-ethyl adjacent to an activating group) is 1. The summed E-state index contributed by atoms with van der Waals surface area (Å²) in [5.41, 5.74) is 7.88. The molecule has 1 aromatic rings. The highest BCUT2D eigenvalue weighted by molar-refractivity contribution is 5.92. The van der Waals surface area contributed by atoms with Crippen LogP contribution in [0, 0.1) is 0 Å². The highest BCUT2D eigenvalue weighted by Gasteiger charge is 2.12. The highest BCUT2D eigenvalue weighted by atomic mass is 16.5. The van der Waals surface area contributed by atoms with Crippen LogP contribution >= 0.6 is 0 Å². The van der Waals surface area contributed by atoms with Crippen molar-refractivity contribution in [1.29, 1.82) is 0 Å². The van der Waals surface area contributed by atoms with Crippen LogP contribution in [0.15, 0.2) is 18.2 Å². The fourth-order valence-corrected chi connectivity index (χ4v) is 1.80. The molecule has 1 unspecified atom stereocenters. The molecule has 0 heterocycles. The molecule has 0 bridgehead atoms. The summed E-state index contributed by atoms with van der Waals surface area (Å²) < 4.78 is 10.2. The summed E-state index contributed by atoms with van der Waals surface area (Å²) in [6, 6.07) is 5.18. The summed E-state index contributed by atoms with van der Waals surface area (Å²) in [4.78, 5) is 13.6. The standard InChI is InChI=1S/C14H22N2O3/c1-5-19-14(17)11-6-7-13(12(15)8-11)16(3)9-10(2)18-4/h6-8,10H,5,9,15H2,1-4H3. The van der Waals surface area contributed by atoms with Gasteiger partial charge in [0.1, 0.15) is 0 Å². The van der Waals surface area contributed by atoms with Crippen LogP contribution in [0.25, 0.3) is 0 Å². The Morgan fingerprint density at radius 2 is 2.16 bits per heavy atom. The van der Waals surface area contributed by atoms with Crippen LogP contribution in [-0.2, 0) is 9.47 Å². The van der Waals surface area contributed by atoms with Crippen LogP contribution in [0.1, 0.15) is 24.2 Å². The van der Waals surface area contributed by atoms with Crippen LogP contribution in [0.2, 0.25) is 0 Å². The number of methoxy groups -OCH3 is 1. The number of nitrogens with two attached hydrogens (primary N) is 1. The Hall–Kier alpha value is -1.75. The summed E-state index contributed by atoms with van der Waals surface area (Å²) in [6.07, 6.45) is 0.106. The van der Waals surface area contributed by atoms with Crippen molar-refractivity contribution in [2.75, 3.05) is 37.9 Å². The Labute approximate surface area is 114 Å². The van der Waals surface area contributed by atoms with Gasteiger partial charge in [0.05, 0.1) is 29.6 Å². The van der Waals surface area contributed by atoms with Crippen molar-refractivity contribution in [2.24, 2.45) is 0 Å². The Morgan fingerprint density at radius 3 is 2.68 bits per heavy atom. The van der Waals surface area contributed by atoms with E-state index in [-0.39, 0.29) is 12.1 Å². The van der Waals surface area contributed by atoms with E-state index in [1.807, 2.05) is 24.9 Å². The minimum atomic E-state index is -0.353. The number of ether oxygens (including phenoxy) is 2. The number of esters is 1. The number of rotatable bonds is 6.